The van der Waals surface area contributed by atoms with Crippen molar-refractivity contribution >= 4 is 11.9 Å². The maximum Gasteiger partial charge on any atom is 0.305 e. The summed E-state index contributed by atoms with van der Waals surface area (Å²) in [7, 11) is 0. The lowest BCUT2D eigenvalue weighted by Crippen LogP contribution is -2.37. The predicted molar refractivity (Wildman–Crippen MR) is 71.1 cm³/mol. The molecule has 1 aromatic rings. The minimum atomic E-state index is -0.934. The number of carboxylic acid groups (broad SMARTS) is 1. The Bertz CT molecular complexity index is 439. The van der Waals surface area contributed by atoms with Crippen LogP contribution in [0.4, 0.5) is 0 Å². The largest absolute Gasteiger partial charge is 0.508 e. The van der Waals surface area contributed by atoms with Crippen molar-refractivity contribution in [3.8, 4) is 5.75 Å². The standard InChI is InChI=1S/C14H19NO4/c1-9(2)7-11(8-13(17)18)15-14(19)10-3-5-12(16)6-4-10/h3-6,9,11,16H,7-8H2,1-2H3,(H,15,19)(H,17,18)/t11-/m0/s1. The Morgan fingerprint density at radius 3 is 2.26 bits per heavy atom. The Labute approximate surface area is 112 Å². The molecule has 0 bridgehead atoms. The van der Waals surface area contributed by atoms with Gasteiger partial charge in [-0.15, -0.1) is 0 Å². The van der Waals surface area contributed by atoms with Crippen LogP contribution in [0.25, 0.3) is 0 Å². The number of hydrogen-bond donors (Lipinski definition) is 3. The molecule has 0 aliphatic heterocycles. The zero-order chi connectivity index (χ0) is 14.4. The van der Waals surface area contributed by atoms with Crippen molar-refractivity contribution in [1.82, 2.24) is 5.32 Å². The first-order chi connectivity index (χ1) is 8.88. The third-order valence-corrected chi connectivity index (χ3v) is 2.64. The summed E-state index contributed by atoms with van der Waals surface area (Å²) in [4.78, 5) is 22.7. The van der Waals surface area contributed by atoms with E-state index in [-0.39, 0.29) is 24.1 Å². The van der Waals surface area contributed by atoms with E-state index in [2.05, 4.69) is 5.32 Å². The fraction of sp³-hybridized carbons (Fsp3) is 0.429. The average molecular weight is 265 g/mol. The van der Waals surface area contributed by atoms with Gasteiger partial charge in [-0.25, -0.2) is 0 Å². The molecule has 0 saturated carbocycles. The first-order valence-electron chi connectivity index (χ1n) is 6.20. The lowest BCUT2D eigenvalue weighted by Gasteiger charge is -2.19. The van der Waals surface area contributed by atoms with E-state index in [9.17, 15) is 9.59 Å². The first kappa shape index (κ1) is 15.0. The molecular weight excluding hydrogens is 246 g/mol. The number of rotatable bonds is 6. The highest BCUT2D eigenvalue weighted by Gasteiger charge is 2.18. The van der Waals surface area contributed by atoms with E-state index in [1.807, 2.05) is 13.8 Å². The van der Waals surface area contributed by atoms with Gasteiger partial charge < -0.3 is 15.5 Å². The van der Waals surface area contributed by atoms with Crippen LogP contribution in [-0.4, -0.2) is 28.1 Å². The van der Waals surface area contributed by atoms with Gasteiger partial charge in [0.15, 0.2) is 0 Å². The summed E-state index contributed by atoms with van der Waals surface area (Å²) < 4.78 is 0. The van der Waals surface area contributed by atoms with E-state index in [1.165, 1.54) is 24.3 Å². The number of carbonyl (C=O) groups excluding carboxylic acids is 1. The van der Waals surface area contributed by atoms with Gasteiger partial charge in [-0.2, -0.15) is 0 Å². The Hall–Kier alpha value is -2.04. The van der Waals surface area contributed by atoms with Crippen LogP contribution < -0.4 is 5.32 Å². The molecule has 1 aromatic carbocycles. The molecule has 5 heteroatoms. The monoisotopic (exact) mass is 265 g/mol. The molecule has 0 saturated heterocycles. The van der Waals surface area contributed by atoms with Crippen LogP contribution in [-0.2, 0) is 4.79 Å². The van der Waals surface area contributed by atoms with Crippen molar-refractivity contribution in [1.29, 1.82) is 0 Å². The molecule has 1 rings (SSSR count). The van der Waals surface area contributed by atoms with Gasteiger partial charge >= 0.3 is 5.97 Å². The number of phenolic OH excluding ortho intramolecular Hbond substituents is 1. The Morgan fingerprint density at radius 2 is 1.79 bits per heavy atom. The molecule has 3 N–H and O–H groups in total. The first-order valence-corrected chi connectivity index (χ1v) is 6.20. The van der Waals surface area contributed by atoms with Crippen LogP contribution in [0.2, 0.25) is 0 Å². The molecule has 19 heavy (non-hydrogen) atoms. The average Bonchev–Trinajstić information content (AvgIpc) is 2.27. The summed E-state index contributed by atoms with van der Waals surface area (Å²) in [6.07, 6.45) is 0.512. The Kier molecular flexibility index (Phi) is 5.36. The van der Waals surface area contributed by atoms with Crippen LogP contribution in [0, 0.1) is 5.92 Å². The van der Waals surface area contributed by atoms with E-state index in [4.69, 9.17) is 10.2 Å². The number of phenols is 1. The molecule has 0 heterocycles. The Morgan fingerprint density at radius 1 is 1.21 bits per heavy atom. The maximum atomic E-state index is 11.9. The highest BCUT2D eigenvalue weighted by Crippen LogP contribution is 2.12. The van der Waals surface area contributed by atoms with Gasteiger partial charge in [0, 0.05) is 11.6 Å². The number of aliphatic carboxylic acids is 1. The van der Waals surface area contributed by atoms with Crippen molar-refractivity contribution in [2.75, 3.05) is 0 Å². The van der Waals surface area contributed by atoms with Crippen molar-refractivity contribution in [2.24, 2.45) is 5.92 Å². The molecule has 1 atom stereocenters. The van der Waals surface area contributed by atoms with Gasteiger partial charge in [-0.1, -0.05) is 13.8 Å². The van der Waals surface area contributed by atoms with Crippen LogP contribution >= 0.6 is 0 Å². The maximum absolute atomic E-state index is 11.9. The molecular formula is C14H19NO4. The van der Waals surface area contributed by atoms with Crippen molar-refractivity contribution in [3.05, 3.63) is 29.8 Å². The molecule has 0 aliphatic rings. The van der Waals surface area contributed by atoms with E-state index >= 15 is 0 Å². The molecule has 0 unspecified atom stereocenters. The lowest BCUT2D eigenvalue weighted by molar-refractivity contribution is -0.137. The predicted octanol–water partition coefficient (Wildman–Crippen LogP) is 2.01. The number of aromatic hydroxyl groups is 1. The van der Waals surface area contributed by atoms with Crippen molar-refractivity contribution < 1.29 is 19.8 Å². The van der Waals surface area contributed by atoms with Crippen LogP contribution in [0.5, 0.6) is 5.75 Å². The highest BCUT2D eigenvalue weighted by molar-refractivity contribution is 5.94. The van der Waals surface area contributed by atoms with Gasteiger partial charge in [0.05, 0.1) is 6.42 Å². The van der Waals surface area contributed by atoms with Crippen molar-refractivity contribution in [3.63, 3.8) is 0 Å². The zero-order valence-electron chi connectivity index (χ0n) is 11.1. The van der Waals surface area contributed by atoms with Gasteiger partial charge in [-0.3, -0.25) is 9.59 Å². The molecule has 0 aromatic heterocycles. The number of benzene rings is 1. The van der Waals surface area contributed by atoms with Crippen LogP contribution in [0.1, 0.15) is 37.0 Å². The highest BCUT2D eigenvalue weighted by atomic mass is 16.4. The molecule has 0 spiro atoms. The van der Waals surface area contributed by atoms with Gasteiger partial charge in [0.25, 0.3) is 5.91 Å². The summed E-state index contributed by atoms with van der Waals surface area (Å²) >= 11 is 0. The fourth-order valence-corrected chi connectivity index (χ4v) is 1.85. The third-order valence-electron chi connectivity index (χ3n) is 2.64. The fourth-order valence-electron chi connectivity index (χ4n) is 1.85. The number of nitrogens with one attached hydrogen (secondary N) is 1. The third kappa shape index (κ3) is 5.42. The summed E-state index contributed by atoms with van der Waals surface area (Å²) in [6.45, 7) is 3.95. The lowest BCUT2D eigenvalue weighted by atomic mass is 10.0. The number of carbonyl (C=O) groups is 2. The van der Waals surface area contributed by atoms with E-state index in [0.29, 0.717) is 17.9 Å². The van der Waals surface area contributed by atoms with E-state index < -0.39 is 5.97 Å². The second kappa shape index (κ2) is 6.78. The minimum Gasteiger partial charge on any atom is -0.508 e. The SMILES string of the molecule is CC(C)C[C@@H](CC(=O)O)NC(=O)c1ccc(O)cc1. The second-order valence-electron chi connectivity index (χ2n) is 4.94. The van der Waals surface area contributed by atoms with Crippen LogP contribution in [0.3, 0.4) is 0 Å². The number of hydrogen-bond acceptors (Lipinski definition) is 3. The quantitative estimate of drug-likeness (QED) is 0.734. The number of carboxylic acids is 1. The molecule has 0 fully saturated rings. The van der Waals surface area contributed by atoms with Gasteiger partial charge in [0.2, 0.25) is 0 Å². The number of amides is 1. The minimum absolute atomic E-state index is 0.0841. The summed E-state index contributed by atoms with van der Waals surface area (Å²) in [6, 6.07) is 5.45. The topological polar surface area (TPSA) is 86.6 Å². The molecule has 0 radical (unpaired) electrons. The second-order valence-corrected chi connectivity index (χ2v) is 4.94. The van der Waals surface area contributed by atoms with E-state index in [1.54, 1.807) is 0 Å². The summed E-state index contributed by atoms with van der Waals surface area (Å²) in [5.74, 6) is -0.881. The Balaban J connectivity index is 2.69. The van der Waals surface area contributed by atoms with Gasteiger partial charge in [0.1, 0.15) is 5.75 Å². The van der Waals surface area contributed by atoms with E-state index in [0.717, 1.165) is 0 Å². The molecule has 1 amide bonds. The summed E-state index contributed by atoms with van der Waals surface area (Å²) in [5, 5.41) is 20.7. The normalized spacial score (nSPS) is 12.2. The molecule has 5 nitrogen and oxygen atoms in total. The molecule has 0 aliphatic carbocycles. The smallest absolute Gasteiger partial charge is 0.305 e. The zero-order valence-corrected chi connectivity index (χ0v) is 11.1. The van der Waals surface area contributed by atoms with Gasteiger partial charge in [-0.05, 0) is 36.6 Å². The molecule has 104 valence electrons. The van der Waals surface area contributed by atoms with Crippen molar-refractivity contribution in [2.45, 2.75) is 32.7 Å². The summed E-state index contributed by atoms with van der Waals surface area (Å²) in [5.41, 5.74) is 0.400. The van der Waals surface area contributed by atoms with Crippen LogP contribution in [0.15, 0.2) is 24.3 Å².